The molecule has 2 rings (SSSR count). The van der Waals surface area contributed by atoms with Crippen LogP contribution in [0.4, 0.5) is 4.39 Å². The van der Waals surface area contributed by atoms with Crippen molar-refractivity contribution in [3.63, 3.8) is 0 Å². The van der Waals surface area contributed by atoms with E-state index in [0.717, 1.165) is 29.8 Å². The quantitative estimate of drug-likeness (QED) is 0.392. The van der Waals surface area contributed by atoms with Crippen molar-refractivity contribution in [2.45, 2.75) is 26.3 Å². The minimum absolute atomic E-state index is 0.207. The van der Waals surface area contributed by atoms with Gasteiger partial charge in [-0.1, -0.05) is 0 Å². The van der Waals surface area contributed by atoms with Gasteiger partial charge in [0.2, 0.25) is 0 Å². The summed E-state index contributed by atoms with van der Waals surface area (Å²) in [6, 6.07) is 3.34. The van der Waals surface area contributed by atoms with Gasteiger partial charge in [-0.05, 0) is 42.0 Å². The number of aryl methyl sites for hydroxylation is 2. The van der Waals surface area contributed by atoms with Crippen molar-refractivity contribution in [2.75, 3.05) is 19.1 Å². The summed E-state index contributed by atoms with van der Waals surface area (Å²) < 4.78 is 21.8. The van der Waals surface area contributed by atoms with Crippen molar-refractivity contribution in [1.82, 2.24) is 9.55 Å². The predicted molar refractivity (Wildman–Crippen MR) is 87.9 cm³/mol. The van der Waals surface area contributed by atoms with E-state index in [2.05, 4.69) is 9.55 Å². The molecular weight excluding hydrogens is 394 g/mol. The zero-order chi connectivity index (χ0) is 14.5. The second kappa shape index (κ2) is 7.56. The van der Waals surface area contributed by atoms with Crippen LogP contribution in [0, 0.1) is 9.39 Å². The molecule has 3 nitrogen and oxygen atoms in total. The van der Waals surface area contributed by atoms with Gasteiger partial charge >= 0.3 is 0 Å². The zero-order valence-corrected chi connectivity index (χ0v) is 14.2. The summed E-state index contributed by atoms with van der Waals surface area (Å²) in [4.78, 5) is 4.57. The summed E-state index contributed by atoms with van der Waals surface area (Å²) in [6.45, 7) is 4.15. The number of alkyl halides is 1. The Bertz CT molecular complexity index is 588. The van der Waals surface area contributed by atoms with Crippen LogP contribution in [0.2, 0.25) is 0 Å². The lowest BCUT2D eigenvalue weighted by atomic mass is 10.3. The molecule has 2 aromatic rings. The highest BCUT2D eigenvalue weighted by atomic mass is 127. The van der Waals surface area contributed by atoms with Crippen molar-refractivity contribution in [3.8, 4) is 0 Å². The van der Waals surface area contributed by atoms with Crippen molar-refractivity contribution in [3.05, 3.63) is 27.3 Å². The van der Waals surface area contributed by atoms with Crippen molar-refractivity contribution >= 4 is 45.2 Å². The molecule has 20 heavy (non-hydrogen) atoms. The standard InChI is InChI=1S/C14H17ClFIN2O/c1-2-20-7-3-6-19-13-8-10(16)11(17)9-12(13)18-14(19)4-5-15/h8-9H,2-7H2,1H3. The highest BCUT2D eigenvalue weighted by Gasteiger charge is 2.13. The van der Waals surface area contributed by atoms with Gasteiger partial charge in [0.15, 0.2) is 0 Å². The van der Waals surface area contributed by atoms with E-state index in [-0.39, 0.29) is 5.82 Å². The Morgan fingerprint density at radius 3 is 2.95 bits per heavy atom. The molecule has 0 unspecified atom stereocenters. The first-order valence-electron chi connectivity index (χ1n) is 6.65. The minimum atomic E-state index is -0.207. The van der Waals surface area contributed by atoms with Crippen LogP contribution in [-0.4, -0.2) is 28.6 Å². The lowest BCUT2D eigenvalue weighted by Crippen LogP contribution is -2.07. The monoisotopic (exact) mass is 410 g/mol. The van der Waals surface area contributed by atoms with E-state index >= 15 is 0 Å². The van der Waals surface area contributed by atoms with E-state index in [4.69, 9.17) is 16.3 Å². The SMILES string of the molecule is CCOCCCn1c(CCCl)nc2cc(I)c(F)cc21. The molecular formula is C14H17ClFIN2O. The van der Waals surface area contributed by atoms with Gasteiger partial charge in [0.25, 0.3) is 0 Å². The molecule has 1 heterocycles. The molecule has 110 valence electrons. The summed E-state index contributed by atoms with van der Waals surface area (Å²) >= 11 is 7.81. The summed E-state index contributed by atoms with van der Waals surface area (Å²) in [5.74, 6) is 1.21. The molecule has 0 bridgehead atoms. The van der Waals surface area contributed by atoms with Gasteiger partial charge in [-0.25, -0.2) is 9.37 Å². The molecule has 0 saturated carbocycles. The van der Waals surface area contributed by atoms with Gasteiger partial charge in [-0.2, -0.15) is 0 Å². The van der Waals surface area contributed by atoms with Crippen LogP contribution >= 0.6 is 34.2 Å². The Morgan fingerprint density at radius 1 is 1.45 bits per heavy atom. The lowest BCUT2D eigenvalue weighted by Gasteiger charge is -2.08. The number of fused-ring (bicyclic) bond motifs is 1. The number of hydrogen-bond acceptors (Lipinski definition) is 2. The average Bonchev–Trinajstić information content (AvgIpc) is 2.73. The van der Waals surface area contributed by atoms with E-state index in [1.807, 2.05) is 29.5 Å². The Hall–Kier alpha value is -0.400. The number of benzene rings is 1. The lowest BCUT2D eigenvalue weighted by molar-refractivity contribution is 0.141. The normalized spacial score (nSPS) is 11.4. The number of aromatic nitrogens is 2. The Balaban J connectivity index is 2.32. The number of rotatable bonds is 7. The predicted octanol–water partition coefficient (Wildman–Crippen LogP) is 3.99. The molecule has 0 spiro atoms. The van der Waals surface area contributed by atoms with Gasteiger partial charge in [0.05, 0.1) is 14.6 Å². The molecule has 0 saturated heterocycles. The minimum Gasteiger partial charge on any atom is -0.382 e. The van der Waals surface area contributed by atoms with E-state index in [0.29, 0.717) is 29.1 Å². The molecule has 0 N–H and O–H groups in total. The molecule has 0 fully saturated rings. The number of ether oxygens (including phenoxy) is 1. The molecule has 0 aliphatic heterocycles. The topological polar surface area (TPSA) is 27.1 Å². The van der Waals surface area contributed by atoms with Crippen LogP contribution in [0.3, 0.4) is 0 Å². The second-order valence-electron chi connectivity index (χ2n) is 4.42. The van der Waals surface area contributed by atoms with Crippen LogP contribution in [0.25, 0.3) is 11.0 Å². The maximum absolute atomic E-state index is 13.8. The first-order chi connectivity index (χ1) is 9.67. The smallest absolute Gasteiger partial charge is 0.138 e. The van der Waals surface area contributed by atoms with Gasteiger partial charge < -0.3 is 9.30 Å². The molecule has 0 atom stereocenters. The van der Waals surface area contributed by atoms with Gasteiger partial charge in [0.1, 0.15) is 11.6 Å². The van der Waals surface area contributed by atoms with Crippen LogP contribution in [0.15, 0.2) is 12.1 Å². The molecule has 0 amide bonds. The maximum atomic E-state index is 13.8. The fourth-order valence-electron chi connectivity index (χ4n) is 2.16. The summed E-state index contributed by atoms with van der Waals surface area (Å²) in [6.07, 6.45) is 1.56. The van der Waals surface area contributed by atoms with Gasteiger partial charge in [-0.15, -0.1) is 11.6 Å². The first kappa shape index (κ1) is 16.0. The van der Waals surface area contributed by atoms with E-state index in [1.165, 1.54) is 0 Å². The summed E-state index contributed by atoms with van der Waals surface area (Å²) in [5, 5.41) is 0. The van der Waals surface area contributed by atoms with E-state index < -0.39 is 0 Å². The van der Waals surface area contributed by atoms with Crippen LogP contribution in [-0.2, 0) is 17.7 Å². The van der Waals surface area contributed by atoms with Crippen LogP contribution < -0.4 is 0 Å². The summed E-state index contributed by atoms with van der Waals surface area (Å²) in [7, 11) is 0. The number of halogens is 3. The molecule has 0 aliphatic carbocycles. The third-order valence-electron chi connectivity index (χ3n) is 3.06. The fourth-order valence-corrected chi connectivity index (χ4v) is 2.78. The first-order valence-corrected chi connectivity index (χ1v) is 8.26. The van der Waals surface area contributed by atoms with Crippen molar-refractivity contribution in [2.24, 2.45) is 0 Å². The van der Waals surface area contributed by atoms with Gasteiger partial charge in [0, 0.05) is 38.1 Å². The zero-order valence-electron chi connectivity index (χ0n) is 11.3. The largest absolute Gasteiger partial charge is 0.382 e. The van der Waals surface area contributed by atoms with Crippen molar-refractivity contribution in [1.29, 1.82) is 0 Å². The van der Waals surface area contributed by atoms with E-state index in [9.17, 15) is 4.39 Å². The molecule has 1 aromatic heterocycles. The highest BCUT2D eigenvalue weighted by molar-refractivity contribution is 14.1. The Morgan fingerprint density at radius 2 is 2.25 bits per heavy atom. The number of imidazole rings is 1. The third kappa shape index (κ3) is 3.62. The molecule has 0 radical (unpaired) electrons. The average molecular weight is 411 g/mol. The van der Waals surface area contributed by atoms with Gasteiger partial charge in [-0.3, -0.25) is 0 Å². The van der Waals surface area contributed by atoms with E-state index in [1.54, 1.807) is 12.1 Å². The van der Waals surface area contributed by atoms with Crippen LogP contribution in [0.5, 0.6) is 0 Å². The molecule has 1 aromatic carbocycles. The van der Waals surface area contributed by atoms with Crippen molar-refractivity contribution < 1.29 is 9.13 Å². The highest BCUT2D eigenvalue weighted by Crippen LogP contribution is 2.22. The van der Waals surface area contributed by atoms with Crippen LogP contribution in [0.1, 0.15) is 19.2 Å². The maximum Gasteiger partial charge on any atom is 0.138 e. The fraction of sp³-hybridized carbons (Fsp3) is 0.500. The number of nitrogens with zero attached hydrogens (tertiary/aromatic N) is 2. The summed E-state index contributed by atoms with van der Waals surface area (Å²) in [5.41, 5.74) is 1.66. The number of hydrogen-bond donors (Lipinski definition) is 0. The molecule has 6 heteroatoms. The Kier molecular flexibility index (Phi) is 6.04. The second-order valence-corrected chi connectivity index (χ2v) is 5.96. The third-order valence-corrected chi connectivity index (χ3v) is 4.08. The molecule has 0 aliphatic rings. The Labute approximate surface area is 136 Å².